The molecule has 20 heavy (non-hydrogen) atoms. The highest BCUT2D eigenvalue weighted by atomic mass is 32.2. The molecule has 0 spiro atoms. The molecule has 7 heteroatoms. The van der Waals surface area contributed by atoms with E-state index < -0.39 is 10.0 Å². The molecule has 2 rings (SSSR count). The van der Waals surface area contributed by atoms with Gasteiger partial charge in [-0.25, -0.2) is 13.6 Å². The molecule has 0 amide bonds. The van der Waals surface area contributed by atoms with Gasteiger partial charge in [-0.15, -0.1) is 0 Å². The molecule has 1 aromatic rings. The third-order valence-electron chi connectivity index (χ3n) is 3.74. The highest BCUT2D eigenvalue weighted by molar-refractivity contribution is 7.89. The number of sulfonamides is 1. The van der Waals surface area contributed by atoms with Gasteiger partial charge in [0.2, 0.25) is 10.0 Å². The van der Waals surface area contributed by atoms with E-state index in [-0.39, 0.29) is 10.9 Å². The second-order valence-corrected chi connectivity index (χ2v) is 6.82. The van der Waals surface area contributed by atoms with Gasteiger partial charge < -0.3 is 15.8 Å². The zero-order chi connectivity index (χ0) is 14.9. The van der Waals surface area contributed by atoms with Crippen LogP contribution in [0.3, 0.4) is 0 Å². The molecule has 1 aromatic carbocycles. The minimum atomic E-state index is -3.78. The predicted molar refractivity (Wildman–Crippen MR) is 79.0 cm³/mol. The van der Waals surface area contributed by atoms with Crippen molar-refractivity contribution in [3.05, 3.63) is 17.7 Å². The van der Waals surface area contributed by atoms with Crippen molar-refractivity contribution in [1.29, 1.82) is 0 Å². The van der Waals surface area contributed by atoms with Crippen molar-refractivity contribution in [3.8, 4) is 0 Å². The second kappa shape index (κ2) is 5.59. The lowest BCUT2D eigenvalue weighted by Crippen LogP contribution is -2.27. The van der Waals surface area contributed by atoms with E-state index in [9.17, 15) is 8.42 Å². The van der Waals surface area contributed by atoms with Crippen molar-refractivity contribution in [2.75, 3.05) is 24.3 Å². The van der Waals surface area contributed by atoms with Crippen molar-refractivity contribution in [3.63, 3.8) is 0 Å². The summed E-state index contributed by atoms with van der Waals surface area (Å²) in [4.78, 5) is 0.0647. The Morgan fingerprint density at radius 3 is 2.70 bits per heavy atom. The average molecular weight is 299 g/mol. The van der Waals surface area contributed by atoms with E-state index in [1.807, 2.05) is 0 Å². The molecule has 1 aliphatic heterocycles. The fourth-order valence-electron chi connectivity index (χ4n) is 2.46. The number of nitrogens with two attached hydrogens (primary N) is 2. The lowest BCUT2D eigenvalue weighted by atomic mass is 10.00. The van der Waals surface area contributed by atoms with Gasteiger partial charge in [0, 0.05) is 29.9 Å². The van der Waals surface area contributed by atoms with E-state index in [0.29, 0.717) is 22.9 Å². The summed E-state index contributed by atoms with van der Waals surface area (Å²) in [5.74, 6) is 0.411. The Morgan fingerprint density at radius 1 is 1.45 bits per heavy atom. The van der Waals surface area contributed by atoms with Crippen molar-refractivity contribution >= 4 is 21.4 Å². The van der Waals surface area contributed by atoms with Gasteiger partial charge in [0.25, 0.3) is 0 Å². The molecule has 0 aliphatic carbocycles. The Bertz CT molecular complexity index is 595. The molecule has 0 saturated carbocycles. The van der Waals surface area contributed by atoms with Crippen LogP contribution in [0.2, 0.25) is 0 Å². The number of anilines is 2. The van der Waals surface area contributed by atoms with Gasteiger partial charge in [-0.05, 0) is 38.0 Å². The Kier molecular flexibility index (Phi) is 4.22. The maximum atomic E-state index is 11.6. The van der Waals surface area contributed by atoms with Crippen LogP contribution in [0, 0.1) is 12.8 Å². The minimum absolute atomic E-state index is 0.0647. The van der Waals surface area contributed by atoms with Gasteiger partial charge >= 0.3 is 0 Å². The molecule has 1 fully saturated rings. The maximum absolute atomic E-state index is 11.6. The third-order valence-corrected chi connectivity index (χ3v) is 4.78. The summed E-state index contributed by atoms with van der Waals surface area (Å²) in [5, 5.41) is 8.54. The monoisotopic (exact) mass is 299 g/mol. The molecule has 5 N–H and O–H groups in total. The van der Waals surface area contributed by atoms with Crippen molar-refractivity contribution in [2.45, 2.75) is 31.2 Å². The minimum Gasteiger partial charge on any atom is -0.399 e. The normalized spacial score (nSPS) is 20.9. The van der Waals surface area contributed by atoms with Crippen molar-refractivity contribution in [1.82, 2.24) is 0 Å². The average Bonchev–Trinajstić information content (AvgIpc) is 2.85. The van der Waals surface area contributed by atoms with Gasteiger partial charge in [0.15, 0.2) is 0 Å². The molecule has 1 heterocycles. The number of nitrogen functional groups attached to an aromatic ring is 1. The largest absolute Gasteiger partial charge is 0.399 e. The zero-order valence-electron chi connectivity index (χ0n) is 11.7. The molecule has 1 saturated heterocycles. The summed E-state index contributed by atoms with van der Waals surface area (Å²) in [6, 6.07) is 3.29. The predicted octanol–water partition coefficient (Wildman–Crippen LogP) is 1.06. The molecule has 6 nitrogen and oxygen atoms in total. The van der Waals surface area contributed by atoms with E-state index in [2.05, 4.69) is 12.2 Å². The van der Waals surface area contributed by atoms with Crippen molar-refractivity contribution < 1.29 is 13.2 Å². The van der Waals surface area contributed by atoms with Crippen LogP contribution in [0.1, 0.15) is 18.9 Å². The Hall–Kier alpha value is -1.31. The van der Waals surface area contributed by atoms with Crippen LogP contribution < -0.4 is 16.2 Å². The molecule has 1 aliphatic rings. The number of ether oxygens (including phenoxy) is 1. The fourth-order valence-corrected chi connectivity index (χ4v) is 3.30. The first-order valence-electron chi connectivity index (χ1n) is 6.56. The summed E-state index contributed by atoms with van der Waals surface area (Å²) in [6.07, 6.45) is 0.998. The van der Waals surface area contributed by atoms with Crippen LogP contribution in [0.5, 0.6) is 0 Å². The highest BCUT2D eigenvalue weighted by Gasteiger charge is 2.23. The van der Waals surface area contributed by atoms with Crippen LogP contribution in [-0.2, 0) is 14.8 Å². The second-order valence-electron chi connectivity index (χ2n) is 5.29. The van der Waals surface area contributed by atoms with Crippen LogP contribution in [-0.4, -0.2) is 27.7 Å². The van der Waals surface area contributed by atoms with E-state index in [1.165, 1.54) is 6.07 Å². The molecule has 112 valence electrons. The Morgan fingerprint density at radius 2 is 2.15 bits per heavy atom. The van der Waals surface area contributed by atoms with E-state index >= 15 is 0 Å². The quantitative estimate of drug-likeness (QED) is 0.721. The van der Waals surface area contributed by atoms with Crippen LogP contribution in [0.15, 0.2) is 17.0 Å². The lowest BCUT2D eigenvalue weighted by molar-refractivity contribution is 0.183. The highest BCUT2D eigenvalue weighted by Crippen LogP contribution is 2.28. The van der Waals surface area contributed by atoms with Gasteiger partial charge in [0.05, 0.1) is 11.5 Å². The molecule has 2 unspecified atom stereocenters. The number of hydrogen-bond donors (Lipinski definition) is 3. The fraction of sp³-hybridized carbons (Fsp3) is 0.538. The molecular formula is C13H21N3O3S. The maximum Gasteiger partial charge on any atom is 0.238 e. The molecule has 0 bridgehead atoms. The number of nitrogens with one attached hydrogen (secondary N) is 1. The standard InChI is InChI=1S/C13H21N3O3S/c1-8-12(16-9(2)10-3-4-19-7-10)5-11(14)6-13(8)20(15,17)18/h5-6,9-10,16H,3-4,7,14H2,1-2H3,(H2,15,17,18). The summed E-state index contributed by atoms with van der Waals surface area (Å²) in [5.41, 5.74) is 7.43. The number of rotatable bonds is 4. The van der Waals surface area contributed by atoms with E-state index in [0.717, 1.165) is 19.6 Å². The first-order chi connectivity index (χ1) is 9.29. The first-order valence-corrected chi connectivity index (χ1v) is 8.11. The van der Waals surface area contributed by atoms with E-state index in [4.69, 9.17) is 15.6 Å². The Labute approximate surface area is 119 Å². The third kappa shape index (κ3) is 3.23. The molecular weight excluding hydrogens is 278 g/mol. The molecule has 0 radical (unpaired) electrons. The number of hydrogen-bond acceptors (Lipinski definition) is 5. The summed E-state index contributed by atoms with van der Waals surface area (Å²) in [7, 11) is -3.78. The van der Waals surface area contributed by atoms with Gasteiger partial charge in [-0.1, -0.05) is 0 Å². The lowest BCUT2D eigenvalue weighted by Gasteiger charge is -2.22. The Balaban J connectivity index is 2.30. The summed E-state index contributed by atoms with van der Waals surface area (Å²) >= 11 is 0. The first kappa shape index (κ1) is 15.1. The van der Waals surface area contributed by atoms with Gasteiger partial charge in [0.1, 0.15) is 0 Å². The zero-order valence-corrected chi connectivity index (χ0v) is 12.5. The SMILES string of the molecule is Cc1c(NC(C)C2CCOC2)cc(N)cc1S(N)(=O)=O. The smallest absolute Gasteiger partial charge is 0.238 e. The summed E-state index contributed by atoms with van der Waals surface area (Å²) < 4.78 is 28.5. The van der Waals surface area contributed by atoms with Gasteiger partial charge in [-0.3, -0.25) is 0 Å². The van der Waals surface area contributed by atoms with Crippen LogP contribution in [0.25, 0.3) is 0 Å². The van der Waals surface area contributed by atoms with Crippen molar-refractivity contribution in [2.24, 2.45) is 11.1 Å². The van der Waals surface area contributed by atoms with E-state index in [1.54, 1.807) is 13.0 Å². The number of primary sulfonamides is 1. The summed E-state index contributed by atoms with van der Waals surface area (Å²) in [6.45, 7) is 5.27. The molecule has 2 atom stereocenters. The van der Waals surface area contributed by atoms with Crippen LogP contribution >= 0.6 is 0 Å². The topological polar surface area (TPSA) is 107 Å². The van der Waals surface area contributed by atoms with Crippen LogP contribution in [0.4, 0.5) is 11.4 Å². The molecule has 0 aromatic heterocycles. The van der Waals surface area contributed by atoms with Gasteiger partial charge in [-0.2, -0.15) is 0 Å². The number of benzene rings is 1.